The summed E-state index contributed by atoms with van der Waals surface area (Å²) in [6.45, 7) is -1.28. The highest BCUT2D eigenvalue weighted by Crippen LogP contribution is 2.45. The number of aliphatic hydroxyl groups excluding tert-OH is 4. The summed E-state index contributed by atoms with van der Waals surface area (Å²) in [7, 11) is -4.78. The fourth-order valence-corrected chi connectivity index (χ4v) is 5.85. The van der Waals surface area contributed by atoms with Crippen LogP contribution in [0, 0.1) is 9.28 Å². The molecule has 2 saturated heterocycles. The first kappa shape index (κ1) is 28.5. The number of ether oxygens (including phenoxy) is 2. The molecule has 0 aliphatic carbocycles. The van der Waals surface area contributed by atoms with Gasteiger partial charge in [-0.3, -0.25) is 18.2 Å². The van der Waals surface area contributed by atoms with Gasteiger partial charge in [0.2, 0.25) is 0 Å². The van der Waals surface area contributed by atoms with Crippen molar-refractivity contribution in [3.05, 3.63) is 34.6 Å². The van der Waals surface area contributed by atoms with Gasteiger partial charge in [0.15, 0.2) is 21.7 Å². The first-order valence-corrected chi connectivity index (χ1v) is 14.3. The Morgan fingerprint density at radius 1 is 0.780 bits per heavy atom. The van der Waals surface area contributed by atoms with Crippen molar-refractivity contribution in [2.24, 2.45) is 0 Å². The highest BCUT2D eigenvalue weighted by Gasteiger charge is 2.47. The number of rotatable bonds is 8. The van der Waals surface area contributed by atoms with E-state index in [0.717, 1.165) is 0 Å². The number of aliphatic hydroxyl groups is 4. The number of fused-ring (bicyclic) bond motifs is 2. The van der Waals surface area contributed by atoms with E-state index >= 15 is 0 Å². The summed E-state index contributed by atoms with van der Waals surface area (Å²) in [5, 5.41) is 42.1. The van der Waals surface area contributed by atoms with Gasteiger partial charge < -0.3 is 44.8 Å². The second kappa shape index (κ2) is 10.9. The van der Waals surface area contributed by atoms with Crippen LogP contribution in [0.5, 0.6) is 0 Å². The van der Waals surface area contributed by atoms with Gasteiger partial charge in [0.05, 0.1) is 38.5 Å². The average molecular weight is 631 g/mol. The molecule has 41 heavy (non-hydrogen) atoms. The molecular formula is C20H23N8O10PS2. The second-order valence-electron chi connectivity index (χ2n) is 9.27. The van der Waals surface area contributed by atoms with Gasteiger partial charge in [-0.25, -0.2) is 24.5 Å². The normalized spacial score (nSPS) is 30.6. The highest BCUT2D eigenvalue weighted by atomic mass is 32.1. The van der Waals surface area contributed by atoms with Crippen molar-refractivity contribution in [1.82, 2.24) is 39.0 Å². The summed E-state index contributed by atoms with van der Waals surface area (Å²) in [6, 6.07) is 0. The maximum atomic E-state index is 12.6. The van der Waals surface area contributed by atoms with Crippen molar-refractivity contribution in [2.45, 2.75) is 49.1 Å². The minimum absolute atomic E-state index is 0.221. The molecule has 4 aromatic heterocycles. The van der Waals surface area contributed by atoms with Crippen LogP contribution in [0.4, 0.5) is 0 Å². The van der Waals surface area contributed by atoms with E-state index in [0.29, 0.717) is 22.3 Å². The SMILES string of the molecule is O=P(O)(OC[C@H]1O[C@@H](n2cnc3c(=S)nc[nH]c32)[C@H](O)[C@@H]1O)OC[C@H]1O[C@@H](n2cnc3c(=S)nc[nH]c32)[C@H](O)[C@@H]1O. The molecule has 2 aliphatic heterocycles. The summed E-state index contributed by atoms with van der Waals surface area (Å²) in [4.78, 5) is 32.0. The third-order valence-electron chi connectivity index (χ3n) is 6.79. The molecule has 6 heterocycles. The monoisotopic (exact) mass is 630 g/mol. The zero-order chi connectivity index (χ0) is 29.1. The van der Waals surface area contributed by atoms with Crippen LogP contribution in [0.3, 0.4) is 0 Å². The van der Waals surface area contributed by atoms with Gasteiger partial charge in [-0.2, -0.15) is 0 Å². The van der Waals surface area contributed by atoms with Gasteiger partial charge in [0, 0.05) is 0 Å². The first-order valence-electron chi connectivity index (χ1n) is 12.0. The van der Waals surface area contributed by atoms with Gasteiger partial charge in [-0.15, -0.1) is 0 Å². The Morgan fingerprint density at radius 3 is 1.61 bits per heavy atom. The number of phosphoric ester groups is 1. The number of nitrogens with zero attached hydrogens (tertiary/aromatic N) is 6. The Bertz CT molecular complexity index is 1620. The molecule has 0 saturated carbocycles. The lowest BCUT2D eigenvalue weighted by molar-refractivity contribution is -0.0608. The van der Waals surface area contributed by atoms with Gasteiger partial charge in [0.25, 0.3) is 0 Å². The molecule has 6 rings (SSSR count). The number of imidazole rings is 2. The smallest absolute Gasteiger partial charge is 0.387 e. The first-order chi connectivity index (χ1) is 19.6. The maximum Gasteiger partial charge on any atom is 0.472 e. The Labute approximate surface area is 238 Å². The van der Waals surface area contributed by atoms with Crippen LogP contribution in [-0.2, 0) is 23.1 Å². The standard InChI is InChI=1S/C20H23N8O10PS2/c29-11-7(37-19(13(11)31)27-5-25-9-15(27)21-3-23-17(9)40)1-35-39(33,34)36-2-8-12(30)14(32)20(38-8)28-6-26-10-16(28)22-4-24-18(10)41/h3-8,11-14,19-20,29-32H,1-2H2,(H,33,34)(H,21,23,40)(H,22,24,41)/t7-,8-,11-,12-,13-,14-,19-,20-/m1/s1. The molecule has 0 amide bonds. The quantitative estimate of drug-likeness (QED) is 0.0945. The van der Waals surface area contributed by atoms with Crippen molar-refractivity contribution in [3.63, 3.8) is 0 Å². The van der Waals surface area contributed by atoms with Crippen LogP contribution in [0.2, 0.25) is 0 Å². The van der Waals surface area contributed by atoms with Gasteiger partial charge >= 0.3 is 7.82 Å². The average Bonchev–Trinajstić information content (AvgIpc) is 3.70. The Kier molecular flexibility index (Phi) is 7.59. The molecule has 0 aromatic carbocycles. The number of aromatic amines is 2. The zero-order valence-electron chi connectivity index (χ0n) is 20.6. The Morgan fingerprint density at radius 2 is 1.20 bits per heavy atom. The maximum absolute atomic E-state index is 12.6. The van der Waals surface area contributed by atoms with Gasteiger partial charge in [-0.1, -0.05) is 24.4 Å². The van der Waals surface area contributed by atoms with E-state index in [2.05, 4.69) is 29.9 Å². The van der Waals surface area contributed by atoms with Crippen molar-refractivity contribution in [2.75, 3.05) is 13.2 Å². The van der Waals surface area contributed by atoms with E-state index in [4.69, 9.17) is 43.0 Å². The predicted molar refractivity (Wildman–Crippen MR) is 139 cm³/mol. The largest absolute Gasteiger partial charge is 0.472 e. The molecular weight excluding hydrogens is 607 g/mol. The Balaban J connectivity index is 1.07. The number of aromatic nitrogens is 8. The minimum atomic E-state index is -4.78. The zero-order valence-corrected chi connectivity index (χ0v) is 23.1. The van der Waals surface area contributed by atoms with Gasteiger partial charge in [-0.05, 0) is 0 Å². The van der Waals surface area contributed by atoms with Crippen molar-refractivity contribution < 1.29 is 48.4 Å². The molecule has 2 aliphatic rings. The summed E-state index contributed by atoms with van der Waals surface area (Å²) in [5.74, 6) is 0. The third-order valence-corrected chi connectivity index (χ3v) is 8.33. The molecule has 4 aromatic rings. The molecule has 0 spiro atoms. The van der Waals surface area contributed by atoms with Crippen LogP contribution >= 0.6 is 32.3 Å². The second-order valence-corrected chi connectivity index (χ2v) is 11.5. The summed E-state index contributed by atoms with van der Waals surface area (Å²) < 4.78 is 37.2. The van der Waals surface area contributed by atoms with Crippen LogP contribution in [0.25, 0.3) is 22.3 Å². The Hall–Kier alpha value is -2.59. The van der Waals surface area contributed by atoms with E-state index in [-0.39, 0.29) is 9.28 Å². The molecule has 0 radical (unpaired) electrons. The van der Waals surface area contributed by atoms with E-state index in [1.807, 2.05) is 0 Å². The number of hydrogen-bond acceptors (Lipinski definition) is 15. The molecule has 0 unspecified atom stereocenters. The molecule has 21 heteroatoms. The van der Waals surface area contributed by atoms with E-state index in [1.54, 1.807) is 0 Å². The summed E-state index contributed by atoms with van der Waals surface area (Å²) >= 11 is 10.3. The lowest BCUT2D eigenvalue weighted by Gasteiger charge is -2.20. The number of nitrogens with one attached hydrogen (secondary N) is 2. The van der Waals surface area contributed by atoms with Crippen molar-refractivity contribution in [1.29, 1.82) is 0 Å². The summed E-state index contributed by atoms with van der Waals surface area (Å²) in [5.41, 5.74) is 1.48. The van der Waals surface area contributed by atoms with Crippen LogP contribution in [-0.4, -0.2) is 114 Å². The van der Waals surface area contributed by atoms with E-state index in [1.165, 1.54) is 34.4 Å². The van der Waals surface area contributed by atoms with E-state index in [9.17, 15) is 29.9 Å². The molecule has 8 atom stereocenters. The predicted octanol–water partition coefficient (Wildman–Crippen LogP) is -0.637. The van der Waals surface area contributed by atoms with E-state index < -0.39 is 70.1 Å². The summed E-state index contributed by atoms with van der Waals surface area (Å²) in [6.07, 6.45) is -5.21. The molecule has 2 fully saturated rings. The molecule has 7 N–H and O–H groups in total. The molecule has 0 bridgehead atoms. The fourth-order valence-electron chi connectivity index (χ4n) is 4.70. The number of phosphoric acid groups is 1. The van der Waals surface area contributed by atoms with Crippen molar-refractivity contribution >= 4 is 54.6 Å². The van der Waals surface area contributed by atoms with Crippen LogP contribution < -0.4 is 0 Å². The van der Waals surface area contributed by atoms with Crippen LogP contribution in [0.1, 0.15) is 12.5 Å². The number of hydrogen-bond donors (Lipinski definition) is 7. The van der Waals surface area contributed by atoms with Crippen LogP contribution in [0.15, 0.2) is 25.3 Å². The minimum Gasteiger partial charge on any atom is -0.387 e. The fraction of sp³-hybridized carbons (Fsp3) is 0.500. The van der Waals surface area contributed by atoms with Crippen molar-refractivity contribution in [3.8, 4) is 0 Å². The lowest BCUT2D eigenvalue weighted by Crippen LogP contribution is -2.34. The topological polar surface area (TPSA) is 248 Å². The highest BCUT2D eigenvalue weighted by molar-refractivity contribution is 7.71. The molecule has 220 valence electrons. The van der Waals surface area contributed by atoms with Gasteiger partial charge in [0.1, 0.15) is 59.0 Å². The molecule has 18 nitrogen and oxygen atoms in total. The lowest BCUT2D eigenvalue weighted by atomic mass is 10.1. The third kappa shape index (κ3) is 5.15. The number of H-pyrrole nitrogens is 2.